The van der Waals surface area contributed by atoms with Gasteiger partial charge in [0.25, 0.3) is 0 Å². The predicted octanol–water partition coefficient (Wildman–Crippen LogP) is 7.11. The quantitative estimate of drug-likeness (QED) is 0.303. The zero-order valence-electron chi connectivity index (χ0n) is 15.9. The van der Waals surface area contributed by atoms with Crippen LogP contribution in [-0.4, -0.2) is 36.1 Å². The summed E-state index contributed by atoms with van der Waals surface area (Å²) in [6.45, 7) is 12.2. The van der Waals surface area contributed by atoms with Gasteiger partial charge in [-0.15, -0.1) is 0 Å². The molecule has 0 bridgehead atoms. The fraction of sp³-hybridized carbons (Fsp3) is 0.579. The average molecular weight is 750 g/mol. The molecule has 4 atom stereocenters. The first-order valence-corrected chi connectivity index (χ1v) is 22.2. The number of nitrogens with zero attached hydrogens (tertiary/aromatic N) is 2. The molecule has 0 radical (unpaired) electrons. The first kappa shape index (κ1) is 27.9. The fourth-order valence-corrected chi connectivity index (χ4v) is 2.31. The van der Waals surface area contributed by atoms with E-state index in [9.17, 15) is 0 Å². The maximum absolute atomic E-state index is 5.85. The summed E-state index contributed by atoms with van der Waals surface area (Å²) in [4.78, 5) is 8.91. The summed E-state index contributed by atoms with van der Waals surface area (Å²) < 4.78 is 11.7. The molecule has 8 heteroatoms. The van der Waals surface area contributed by atoms with Crippen molar-refractivity contribution >= 4 is 71.7 Å². The third kappa shape index (κ3) is 8.68. The van der Waals surface area contributed by atoms with Gasteiger partial charge in [-0.1, -0.05) is 33.4 Å². The van der Waals surface area contributed by atoms with Crippen molar-refractivity contribution in [3.8, 4) is 0 Å². The Bertz CT molecular complexity index is 587. The summed E-state index contributed by atoms with van der Waals surface area (Å²) in [5.41, 5.74) is 1.92. The van der Waals surface area contributed by atoms with Crippen LogP contribution in [0.15, 0.2) is 34.3 Å². The van der Waals surface area contributed by atoms with Crippen LogP contribution in [-0.2, 0) is 14.4 Å². The van der Waals surface area contributed by atoms with Gasteiger partial charge < -0.3 is 9.47 Å². The van der Waals surface area contributed by atoms with Gasteiger partial charge in [0.2, 0.25) is 11.8 Å². The molecule has 0 spiro atoms. The number of ether oxygens (including phenoxy) is 2. The van der Waals surface area contributed by atoms with E-state index >= 15 is 0 Å². The average Bonchev–Trinajstić information content (AvgIpc) is 3.11. The molecule has 0 fully saturated rings. The number of hydrogen-bond acceptors (Lipinski definition) is 4. The van der Waals surface area contributed by atoms with E-state index in [0.29, 0.717) is 11.8 Å². The normalized spacial score (nSPS) is 25.6. The molecule has 0 saturated heterocycles. The molecule has 154 valence electrons. The van der Waals surface area contributed by atoms with Crippen LogP contribution in [0.2, 0.25) is 0 Å². The summed E-state index contributed by atoms with van der Waals surface area (Å²) in [5, 5.41) is 0. The van der Waals surface area contributed by atoms with E-state index < -0.39 is 0 Å². The van der Waals surface area contributed by atoms with Gasteiger partial charge in [-0.05, 0) is 39.8 Å². The molecular weight excluding hydrogens is 720 g/mol. The Hall–Kier alpha value is 0.934. The summed E-state index contributed by atoms with van der Waals surface area (Å²) in [5.74, 6) is 1.39. The van der Waals surface area contributed by atoms with Gasteiger partial charge in [0.15, 0.2) is 0 Å². The van der Waals surface area contributed by atoms with Crippen LogP contribution in [0.4, 0.5) is 0 Å². The molecule has 3 rings (SSSR count). The van der Waals surface area contributed by atoms with Crippen LogP contribution in [0.25, 0.3) is 0 Å². The predicted molar refractivity (Wildman–Crippen MR) is 140 cm³/mol. The third-order valence-electron chi connectivity index (χ3n) is 3.98. The van der Waals surface area contributed by atoms with Crippen LogP contribution in [0.1, 0.15) is 60.1 Å². The molecule has 0 saturated carbocycles. The zero-order chi connectivity index (χ0) is 19.9. The number of aliphatic imine (C=N–C) groups is 2. The summed E-state index contributed by atoms with van der Waals surface area (Å²) in [6.07, 6.45) is 0.227. The molecule has 4 unspecified atom stereocenters. The maximum atomic E-state index is 5.85. The molecule has 0 N–H and O–H groups in total. The molecule has 2 heterocycles. The SMILES string of the molecule is C.CC.CC1N=C(c2ccccc2C2=NC(C)C(C)O2)OC1C.[I][V]([I])[I]. The Labute approximate surface area is 202 Å². The van der Waals surface area contributed by atoms with Gasteiger partial charge >= 0.3 is 64.9 Å². The minimum absolute atomic E-state index is 0. The first-order chi connectivity index (χ1) is 12.3. The summed E-state index contributed by atoms with van der Waals surface area (Å²) in [7, 11) is 0. The van der Waals surface area contributed by atoms with E-state index in [1.54, 1.807) is 0 Å². The van der Waals surface area contributed by atoms with Crippen molar-refractivity contribution in [2.24, 2.45) is 9.98 Å². The second kappa shape index (κ2) is 14.0. The Morgan fingerprint density at radius 1 is 0.778 bits per heavy atom. The third-order valence-corrected chi connectivity index (χ3v) is 3.98. The van der Waals surface area contributed by atoms with E-state index in [1.165, 1.54) is 0 Å². The van der Waals surface area contributed by atoms with Crippen molar-refractivity contribution in [2.75, 3.05) is 0 Å². The molecule has 1 aromatic carbocycles. The van der Waals surface area contributed by atoms with Crippen LogP contribution >= 0.6 is 59.9 Å². The topological polar surface area (TPSA) is 43.2 Å². The molecule has 0 aromatic heterocycles. The second-order valence-corrected chi connectivity index (χ2v) is 41.1. The molecule has 1 aromatic rings. The molecule has 2 aliphatic heterocycles. The van der Waals surface area contributed by atoms with Gasteiger partial charge in [-0.3, -0.25) is 0 Å². The standard InChI is InChI=1S/C16H20N2O2.C2H6.CH4.3HI.V/c1-9-11(3)19-15(17-9)13-7-5-6-8-14(13)16-18-10(2)12(4)20-16;1-2;;;;;/h5-12H,1-4H3;1-2H3;1H4;3*1H;/q;;;;;;+3/p-3. The van der Waals surface area contributed by atoms with Crippen molar-refractivity contribution in [2.45, 2.75) is 73.3 Å². The Balaban J connectivity index is 0.000000861. The molecule has 4 nitrogen and oxygen atoms in total. The van der Waals surface area contributed by atoms with Gasteiger partial charge in [0, 0.05) is 11.1 Å². The second-order valence-electron chi connectivity index (χ2n) is 5.73. The number of halogens is 3. The molecular formula is C19H30I3N2O2V. The molecule has 0 aliphatic carbocycles. The van der Waals surface area contributed by atoms with E-state index in [0.717, 1.165) is 11.1 Å². The number of rotatable bonds is 2. The van der Waals surface area contributed by atoms with Crippen molar-refractivity contribution in [3.05, 3.63) is 35.4 Å². The van der Waals surface area contributed by atoms with Crippen molar-refractivity contribution < 1.29 is 14.4 Å². The monoisotopic (exact) mass is 750 g/mol. The Morgan fingerprint density at radius 3 is 1.30 bits per heavy atom. The molecule has 27 heavy (non-hydrogen) atoms. The first-order valence-electron chi connectivity index (χ1n) is 8.65. The van der Waals surface area contributed by atoms with Crippen LogP contribution < -0.4 is 0 Å². The van der Waals surface area contributed by atoms with Gasteiger partial charge in [0.05, 0.1) is 12.1 Å². The van der Waals surface area contributed by atoms with Gasteiger partial charge in [0.1, 0.15) is 12.2 Å². The van der Waals surface area contributed by atoms with E-state index in [1.807, 2.05) is 52.0 Å². The molecule has 2 aliphatic rings. The van der Waals surface area contributed by atoms with Crippen molar-refractivity contribution in [1.29, 1.82) is 0 Å². The summed E-state index contributed by atoms with van der Waals surface area (Å²) >= 11 is 7.39. The number of hydrogen-bond donors (Lipinski definition) is 0. The van der Waals surface area contributed by atoms with Gasteiger partial charge in [-0.25, -0.2) is 9.98 Å². The van der Waals surface area contributed by atoms with Gasteiger partial charge in [-0.2, -0.15) is 0 Å². The van der Waals surface area contributed by atoms with E-state index in [-0.39, 0.29) is 36.6 Å². The Morgan fingerprint density at radius 2 is 1.07 bits per heavy atom. The van der Waals surface area contributed by atoms with Crippen LogP contribution in [0, 0.1) is 0 Å². The zero-order valence-corrected chi connectivity index (χ0v) is 23.8. The van der Waals surface area contributed by atoms with Crippen molar-refractivity contribution in [1.82, 2.24) is 0 Å². The van der Waals surface area contributed by atoms with Crippen molar-refractivity contribution in [3.63, 3.8) is 0 Å². The van der Waals surface area contributed by atoms with Crippen LogP contribution in [0.3, 0.4) is 0 Å². The summed E-state index contributed by atoms with van der Waals surface area (Å²) in [6, 6.07) is 8.36. The molecule has 0 amide bonds. The fourth-order valence-electron chi connectivity index (χ4n) is 2.31. The van der Waals surface area contributed by atoms with E-state index in [2.05, 4.69) is 83.8 Å². The van der Waals surface area contributed by atoms with E-state index in [4.69, 9.17) is 9.47 Å². The number of benzene rings is 1. The Kier molecular flexibility index (Phi) is 14.5. The van der Waals surface area contributed by atoms with Crippen LogP contribution in [0.5, 0.6) is 0 Å². The minimum atomic E-state index is -0.278.